The van der Waals surface area contributed by atoms with Crippen molar-refractivity contribution in [2.75, 3.05) is 0 Å². The highest BCUT2D eigenvalue weighted by Crippen LogP contribution is 2.22. The zero-order valence-corrected chi connectivity index (χ0v) is 8.63. The quantitative estimate of drug-likeness (QED) is 0.647. The van der Waals surface area contributed by atoms with Gasteiger partial charge in [-0.1, -0.05) is 26.8 Å². The number of rotatable bonds is 1. The first-order valence-electron chi connectivity index (χ1n) is 4.52. The lowest BCUT2D eigenvalue weighted by Gasteiger charge is -2.18. The molecule has 1 aromatic heterocycles. The van der Waals surface area contributed by atoms with E-state index in [1.54, 1.807) is 12.3 Å². The third kappa shape index (κ3) is 2.51. The summed E-state index contributed by atoms with van der Waals surface area (Å²) in [5, 5.41) is 0. The Morgan fingerprint density at radius 3 is 2.23 bits per heavy atom. The van der Waals surface area contributed by atoms with Crippen LogP contribution in [0.2, 0.25) is 0 Å². The lowest BCUT2D eigenvalue weighted by Crippen LogP contribution is -2.11. The normalized spacial score (nSPS) is 14.2. The Morgan fingerprint density at radius 2 is 1.92 bits per heavy atom. The molecule has 0 fully saturated rings. The van der Waals surface area contributed by atoms with Crippen LogP contribution in [0.25, 0.3) is 0 Å². The predicted octanol–water partition coefficient (Wildman–Crippen LogP) is 3.41. The van der Waals surface area contributed by atoms with Gasteiger partial charge in [0.05, 0.1) is 5.69 Å². The number of hydrogen-bond acceptors (Lipinski definition) is 1. The summed E-state index contributed by atoms with van der Waals surface area (Å²) in [6, 6.07) is 3.70. The maximum Gasteiger partial charge on any atom is 0.139 e. The molecule has 72 valence electrons. The molecule has 1 unspecified atom stereocenters. The van der Waals surface area contributed by atoms with Crippen molar-refractivity contribution in [1.82, 2.24) is 4.98 Å². The number of halogens is 1. The Hall–Kier alpha value is -0.920. The van der Waals surface area contributed by atoms with E-state index in [0.717, 1.165) is 5.56 Å². The Bertz CT molecular complexity index is 269. The minimum Gasteiger partial charge on any atom is -0.258 e. The van der Waals surface area contributed by atoms with Gasteiger partial charge in [-0.3, -0.25) is 4.98 Å². The van der Waals surface area contributed by atoms with Crippen LogP contribution in [0.4, 0.5) is 4.39 Å². The van der Waals surface area contributed by atoms with Crippen molar-refractivity contribution in [1.29, 1.82) is 0 Å². The van der Waals surface area contributed by atoms with Gasteiger partial charge in [0.2, 0.25) is 0 Å². The molecule has 1 atom stereocenters. The van der Waals surface area contributed by atoms with E-state index < -0.39 is 6.17 Å². The predicted molar refractivity (Wildman–Crippen MR) is 52.5 cm³/mol. The summed E-state index contributed by atoms with van der Waals surface area (Å²) < 4.78 is 12.8. The summed E-state index contributed by atoms with van der Waals surface area (Å²) >= 11 is 0. The molecular weight excluding hydrogens is 165 g/mol. The van der Waals surface area contributed by atoms with E-state index >= 15 is 0 Å². The molecule has 1 heterocycles. The van der Waals surface area contributed by atoms with Crippen LogP contribution >= 0.6 is 0 Å². The molecule has 1 nitrogen and oxygen atoms in total. The molecule has 1 aromatic rings. The second kappa shape index (κ2) is 3.44. The van der Waals surface area contributed by atoms with Gasteiger partial charge >= 0.3 is 0 Å². The van der Waals surface area contributed by atoms with Crippen LogP contribution in [0.1, 0.15) is 45.1 Å². The Labute approximate surface area is 79.0 Å². The molecule has 0 aromatic carbocycles. The fourth-order valence-corrected chi connectivity index (χ4v) is 1.08. The molecule has 0 bridgehead atoms. The third-order valence-electron chi connectivity index (χ3n) is 2.06. The molecule has 2 heteroatoms. The third-order valence-corrected chi connectivity index (χ3v) is 2.06. The van der Waals surface area contributed by atoms with Crippen LogP contribution in [0.5, 0.6) is 0 Å². The summed E-state index contributed by atoms with van der Waals surface area (Å²) in [7, 11) is 0. The summed E-state index contributed by atoms with van der Waals surface area (Å²) in [5.41, 5.74) is 1.73. The molecule has 0 aliphatic carbocycles. The molecular formula is C11H16FN. The van der Waals surface area contributed by atoms with E-state index in [2.05, 4.69) is 25.8 Å². The fraction of sp³-hybridized carbons (Fsp3) is 0.545. The summed E-state index contributed by atoms with van der Waals surface area (Å²) in [6.07, 6.45) is 0.778. The van der Waals surface area contributed by atoms with Crippen molar-refractivity contribution >= 4 is 0 Å². The highest BCUT2D eigenvalue weighted by molar-refractivity contribution is 5.21. The average molecular weight is 181 g/mol. The van der Waals surface area contributed by atoms with Crippen molar-refractivity contribution in [2.24, 2.45) is 0 Å². The average Bonchev–Trinajstić information content (AvgIpc) is 2.03. The SMILES string of the molecule is CC(F)c1ccc(C(C)(C)C)cn1. The second-order valence-electron chi connectivity index (χ2n) is 4.34. The topological polar surface area (TPSA) is 12.9 Å². The number of aromatic nitrogens is 1. The maximum atomic E-state index is 12.8. The molecule has 0 radical (unpaired) electrons. The first-order valence-corrected chi connectivity index (χ1v) is 4.52. The fourth-order valence-electron chi connectivity index (χ4n) is 1.08. The van der Waals surface area contributed by atoms with Crippen molar-refractivity contribution in [2.45, 2.75) is 39.3 Å². The number of alkyl halides is 1. The Morgan fingerprint density at radius 1 is 1.31 bits per heavy atom. The second-order valence-corrected chi connectivity index (χ2v) is 4.34. The monoisotopic (exact) mass is 181 g/mol. The first kappa shape index (κ1) is 10.2. The van der Waals surface area contributed by atoms with Crippen molar-refractivity contribution in [3.63, 3.8) is 0 Å². The summed E-state index contributed by atoms with van der Waals surface area (Å²) in [5.74, 6) is 0. The van der Waals surface area contributed by atoms with E-state index in [-0.39, 0.29) is 5.41 Å². The van der Waals surface area contributed by atoms with Gasteiger partial charge in [0.15, 0.2) is 0 Å². The zero-order chi connectivity index (χ0) is 10.1. The number of hydrogen-bond donors (Lipinski definition) is 0. The molecule has 0 saturated carbocycles. The lowest BCUT2D eigenvalue weighted by atomic mass is 9.88. The molecule has 1 rings (SSSR count). The highest BCUT2D eigenvalue weighted by Gasteiger charge is 2.14. The van der Waals surface area contributed by atoms with Crippen molar-refractivity contribution in [3.05, 3.63) is 29.6 Å². The largest absolute Gasteiger partial charge is 0.258 e. The Balaban J connectivity index is 2.94. The van der Waals surface area contributed by atoms with E-state index in [9.17, 15) is 4.39 Å². The van der Waals surface area contributed by atoms with Crippen LogP contribution in [-0.2, 0) is 5.41 Å². The molecule has 0 amide bonds. The van der Waals surface area contributed by atoms with Gasteiger partial charge in [-0.25, -0.2) is 4.39 Å². The molecule has 0 aliphatic heterocycles. The van der Waals surface area contributed by atoms with Crippen LogP contribution in [0, 0.1) is 0 Å². The van der Waals surface area contributed by atoms with Crippen LogP contribution in [0.3, 0.4) is 0 Å². The van der Waals surface area contributed by atoms with Gasteiger partial charge in [0, 0.05) is 6.20 Å². The van der Waals surface area contributed by atoms with Crippen LogP contribution in [0.15, 0.2) is 18.3 Å². The molecule has 0 saturated heterocycles. The van der Waals surface area contributed by atoms with Gasteiger partial charge in [-0.2, -0.15) is 0 Å². The molecule has 0 N–H and O–H groups in total. The molecule has 0 spiro atoms. The maximum absolute atomic E-state index is 12.8. The molecule has 13 heavy (non-hydrogen) atoms. The Kier molecular flexibility index (Phi) is 2.69. The summed E-state index contributed by atoms with van der Waals surface area (Å²) in [4.78, 5) is 4.07. The summed E-state index contributed by atoms with van der Waals surface area (Å²) in [6.45, 7) is 7.84. The smallest absolute Gasteiger partial charge is 0.139 e. The number of nitrogens with zero attached hydrogens (tertiary/aromatic N) is 1. The standard InChI is InChI=1S/C11H16FN/c1-8(12)10-6-5-9(7-13-10)11(2,3)4/h5-8H,1-4H3. The van der Waals surface area contributed by atoms with Gasteiger partial charge in [0.1, 0.15) is 6.17 Å². The van der Waals surface area contributed by atoms with E-state index in [1.165, 1.54) is 6.92 Å². The molecule has 0 aliphatic rings. The highest BCUT2D eigenvalue weighted by atomic mass is 19.1. The van der Waals surface area contributed by atoms with E-state index in [4.69, 9.17) is 0 Å². The van der Waals surface area contributed by atoms with Gasteiger partial charge in [0.25, 0.3) is 0 Å². The van der Waals surface area contributed by atoms with Gasteiger partial charge < -0.3 is 0 Å². The van der Waals surface area contributed by atoms with Crippen molar-refractivity contribution < 1.29 is 4.39 Å². The zero-order valence-electron chi connectivity index (χ0n) is 8.63. The van der Waals surface area contributed by atoms with Gasteiger partial charge in [-0.05, 0) is 24.0 Å². The van der Waals surface area contributed by atoms with Crippen molar-refractivity contribution in [3.8, 4) is 0 Å². The lowest BCUT2D eigenvalue weighted by molar-refractivity contribution is 0.365. The van der Waals surface area contributed by atoms with E-state index in [1.807, 2.05) is 6.07 Å². The van der Waals surface area contributed by atoms with E-state index in [0.29, 0.717) is 5.69 Å². The van der Waals surface area contributed by atoms with Crippen LogP contribution in [-0.4, -0.2) is 4.98 Å². The minimum absolute atomic E-state index is 0.0884. The van der Waals surface area contributed by atoms with Gasteiger partial charge in [-0.15, -0.1) is 0 Å². The first-order chi connectivity index (χ1) is 5.91. The van der Waals surface area contributed by atoms with Crippen LogP contribution < -0.4 is 0 Å². The number of pyridine rings is 1. The minimum atomic E-state index is -0.978.